The van der Waals surface area contributed by atoms with E-state index in [0.29, 0.717) is 5.92 Å². The summed E-state index contributed by atoms with van der Waals surface area (Å²) in [5.41, 5.74) is 1.37. The minimum atomic E-state index is -0.688. The largest absolute Gasteiger partial charge is 0.481 e. The normalized spacial score (nSPS) is 15.4. The summed E-state index contributed by atoms with van der Waals surface area (Å²) in [7, 11) is 0. The van der Waals surface area contributed by atoms with Crippen LogP contribution < -0.4 is 0 Å². The molecule has 1 N–H and O–H groups in total. The van der Waals surface area contributed by atoms with Gasteiger partial charge >= 0.3 is 5.97 Å². The van der Waals surface area contributed by atoms with E-state index < -0.39 is 5.97 Å². The summed E-state index contributed by atoms with van der Waals surface area (Å²) in [5, 5.41) is 8.75. The van der Waals surface area contributed by atoms with E-state index in [2.05, 4.69) is 26.5 Å². The Morgan fingerprint density at radius 2 is 2.00 bits per heavy atom. The summed E-state index contributed by atoms with van der Waals surface area (Å²) >= 11 is 0. The lowest BCUT2D eigenvalue weighted by Crippen LogP contribution is -2.08. The van der Waals surface area contributed by atoms with E-state index in [9.17, 15) is 4.79 Å². The van der Waals surface area contributed by atoms with Crippen LogP contribution in [-0.2, 0) is 4.79 Å². The predicted molar refractivity (Wildman–Crippen MR) is 73.0 cm³/mol. The molecule has 0 fully saturated rings. The lowest BCUT2D eigenvalue weighted by molar-refractivity contribution is -0.141. The fraction of sp³-hybridized carbons (Fsp3) is 0.667. The van der Waals surface area contributed by atoms with Gasteiger partial charge in [-0.25, -0.2) is 0 Å². The fourth-order valence-electron chi connectivity index (χ4n) is 1.62. The van der Waals surface area contributed by atoms with Crippen molar-refractivity contribution in [3.05, 3.63) is 24.3 Å². The van der Waals surface area contributed by atoms with Gasteiger partial charge in [-0.3, -0.25) is 4.79 Å². The Bertz CT molecular complexity index is 266. The zero-order chi connectivity index (χ0) is 13.3. The van der Waals surface area contributed by atoms with Gasteiger partial charge in [-0.05, 0) is 44.9 Å². The number of carboxylic acid groups (broad SMARTS) is 1. The van der Waals surface area contributed by atoms with Crippen molar-refractivity contribution in [2.45, 2.75) is 52.9 Å². The first-order chi connectivity index (χ1) is 7.97. The molecule has 0 saturated heterocycles. The third kappa shape index (κ3) is 8.73. The van der Waals surface area contributed by atoms with Crippen molar-refractivity contribution in [2.24, 2.45) is 11.8 Å². The number of carboxylic acids is 1. The number of hydrogen-bond donors (Lipinski definition) is 1. The third-order valence-electron chi connectivity index (χ3n) is 3.15. The second kappa shape index (κ2) is 9.03. The molecule has 0 aromatic rings. The van der Waals surface area contributed by atoms with Crippen molar-refractivity contribution in [1.29, 1.82) is 0 Å². The van der Waals surface area contributed by atoms with Crippen molar-refractivity contribution in [2.75, 3.05) is 0 Å². The number of carbonyl (C=O) groups is 1. The zero-order valence-electron chi connectivity index (χ0n) is 11.4. The van der Waals surface area contributed by atoms with Crippen LogP contribution >= 0.6 is 0 Å². The molecule has 98 valence electrons. The first kappa shape index (κ1) is 16.0. The average molecular weight is 238 g/mol. The Morgan fingerprint density at radius 3 is 2.53 bits per heavy atom. The van der Waals surface area contributed by atoms with Gasteiger partial charge < -0.3 is 5.11 Å². The van der Waals surface area contributed by atoms with E-state index in [1.165, 1.54) is 5.57 Å². The Balaban J connectivity index is 3.70. The summed E-state index contributed by atoms with van der Waals surface area (Å²) in [6.45, 7) is 9.84. The maximum absolute atomic E-state index is 10.6. The fourth-order valence-corrected chi connectivity index (χ4v) is 1.62. The van der Waals surface area contributed by atoms with E-state index >= 15 is 0 Å². The van der Waals surface area contributed by atoms with E-state index in [0.717, 1.165) is 32.1 Å². The first-order valence-corrected chi connectivity index (χ1v) is 6.48. The van der Waals surface area contributed by atoms with Gasteiger partial charge in [0.05, 0.1) is 5.92 Å². The van der Waals surface area contributed by atoms with Crippen molar-refractivity contribution >= 4 is 5.97 Å². The number of hydrogen-bond acceptors (Lipinski definition) is 1. The molecular formula is C15H26O2. The Labute approximate surface area is 105 Å². The second-order valence-corrected chi connectivity index (χ2v) is 4.97. The van der Waals surface area contributed by atoms with Crippen LogP contribution in [0.4, 0.5) is 0 Å². The smallest absolute Gasteiger partial charge is 0.306 e. The standard InChI is InChI=1S/C15H26O2/c1-5-12(2)8-6-9-13(3)10-7-11-14(4)15(16)17/h5,9,12,14H,1,6-8,10-11H2,2-4H3,(H,16,17). The van der Waals surface area contributed by atoms with Crippen molar-refractivity contribution in [3.8, 4) is 0 Å². The molecule has 0 aliphatic rings. The molecule has 0 saturated carbocycles. The highest BCUT2D eigenvalue weighted by Gasteiger charge is 2.09. The minimum Gasteiger partial charge on any atom is -0.481 e. The third-order valence-corrected chi connectivity index (χ3v) is 3.15. The molecular weight excluding hydrogens is 212 g/mol. The van der Waals surface area contributed by atoms with Crippen LogP contribution in [0.1, 0.15) is 52.9 Å². The molecule has 2 unspecified atom stereocenters. The summed E-state index contributed by atoms with van der Waals surface area (Å²) < 4.78 is 0. The van der Waals surface area contributed by atoms with E-state index in [4.69, 9.17) is 5.11 Å². The Morgan fingerprint density at radius 1 is 1.35 bits per heavy atom. The van der Waals surface area contributed by atoms with Crippen LogP contribution in [0.3, 0.4) is 0 Å². The SMILES string of the molecule is C=CC(C)CCC=C(C)CCCC(C)C(=O)O. The van der Waals surface area contributed by atoms with Gasteiger partial charge in [-0.15, -0.1) is 6.58 Å². The molecule has 0 radical (unpaired) electrons. The van der Waals surface area contributed by atoms with E-state index in [1.54, 1.807) is 6.92 Å². The van der Waals surface area contributed by atoms with Gasteiger partial charge in [0.15, 0.2) is 0 Å². The lowest BCUT2D eigenvalue weighted by Gasteiger charge is -2.06. The van der Waals surface area contributed by atoms with Gasteiger partial charge in [-0.1, -0.05) is 31.6 Å². The molecule has 0 bridgehead atoms. The molecule has 0 aromatic carbocycles. The number of aliphatic carboxylic acids is 1. The van der Waals surface area contributed by atoms with E-state index in [-0.39, 0.29) is 5.92 Å². The second-order valence-electron chi connectivity index (χ2n) is 4.97. The highest BCUT2D eigenvalue weighted by molar-refractivity contribution is 5.69. The molecule has 2 nitrogen and oxygen atoms in total. The van der Waals surface area contributed by atoms with Gasteiger partial charge in [0.1, 0.15) is 0 Å². The lowest BCUT2D eigenvalue weighted by atomic mass is 10.00. The molecule has 2 atom stereocenters. The highest BCUT2D eigenvalue weighted by Crippen LogP contribution is 2.14. The van der Waals surface area contributed by atoms with Crippen molar-refractivity contribution < 1.29 is 9.90 Å². The van der Waals surface area contributed by atoms with Crippen LogP contribution in [-0.4, -0.2) is 11.1 Å². The monoisotopic (exact) mass is 238 g/mol. The van der Waals surface area contributed by atoms with Crippen molar-refractivity contribution in [3.63, 3.8) is 0 Å². The molecule has 0 spiro atoms. The Kier molecular flexibility index (Phi) is 8.47. The van der Waals surface area contributed by atoms with Crippen LogP contribution in [0.5, 0.6) is 0 Å². The quantitative estimate of drug-likeness (QED) is 0.603. The molecule has 2 heteroatoms. The Hall–Kier alpha value is -1.05. The van der Waals surface area contributed by atoms with Crippen LogP contribution in [0, 0.1) is 11.8 Å². The first-order valence-electron chi connectivity index (χ1n) is 6.48. The van der Waals surface area contributed by atoms with Gasteiger partial charge in [0.25, 0.3) is 0 Å². The molecule has 0 aromatic heterocycles. The predicted octanol–water partition coefficient (Wildman–Crippen LogP) is 4.43. The molecule has 0 heterocycles. The number of allylic oxidation sites excluding steroid dienone is 3. The van der Waals surface area contributed by atoms with Crippen LogP contribution in [0.2, 0.25) is 0 Å². The summed E-state index contributed by atoms with van der Waals surface area (Å²) in [6.07, 6.45) is 9.24. The summed E-state index contributed by atoms with van der Waals surface area (Å²) in [5.74, 6) is -0.332. The van der Waals surface area contributed by atoms with Crippen LogP contribution in [0.25, 0.3) is 0 Å². The van der Waals surface area contributed by atoms with Gasteiger partial charge in [-0.2, -0.15) is 0 Å². The minimum absolute atomic E-state index is 0.219. The zero-order valence-corrected chi connectivity index (χ0v) is 11.4. The topological polar surface area (TPSA) is 37.3 Å². The number of rotatable bonds is 9. The molecule has 17 heavy (non-hydrogen) atoms. The molecule has 0 amide bonds. The van der Waals surface area contributed by atoms with E-state index in [1.807, 2.05) is 6.08 Å². The van der Waals surface area contributed by atoms with Crippen LogP contribution in [0.15, 0.2) is 24.3 Å². The van der Waals surface area contributed by atoms with Gasteiger partial charge in [0.2, 0.25) is 0 Å². The molecule has 0 rings (SSSR count). The van der Waals surface area contributed by atoms with Gasteiger partial charge in [0, 0.05) is 0 Å². The molecule has 0 aliphatic carbocycles. The molecule has 0 aliphatic heterocycles. The van der Waals surface area contributed by atoms with Crippen molar-refractivity contribution in [1.82, 2.24) is 0 Å². The highest BCUT2D eigenvalue weighted by atomic mass is 16.4. The maximum Gasteiger partial charge on any atom is 0.306 e. The summed E-state index contributed by atoms with van der Waals surface area (Å²) in [4.78, 5) is 10.6. The summed E-state index contributed by atoms with van der Waals surface area (Å²) in [6, 6.07) is 0. The average Bonchev–Trinajstić information content (AvgIpc) is 2.28. The maximum atomic E-state index is 10.6.